The third-order valence-electron chi connectivity index (χ3n) is 4.02. The van der Waals surface area contributed by atoms with Crippen LogP contribution in [0.3, 0.4) is 0 Å². The summed E-state index contributed by atoms with van der Waals surface area (Å²) >= 11 is 12.2. The molecule has 0 aliphatic heterocycles. The molecule has 0 saturated carbocycles. The van der Waals surface area contributed by atoms with Gasteiger partial charge in [0.2, 0.25) is 0 Å². The van der Waals surface area contributed by atoms with Crippen LogP contribution in [0.4, 0.5) is 0 Å². The lowest BCUT2D eigenvalue weighted by molar-refractivity contribution is 0.524. The monoisotopic (exact) mass is 319 g/mol. The lowest BCUT2D eigenvalue weighted by atomic mass is 9.88. The Hall–Kier alpha value is -1.50. The number of benzene rings is 1. The molecule has 1 unspecified atom stereocenters. The van der Waals surface area contributed by atoms with Crippen molar-refractivity contribution in [1.82, 2.24) is 9.78 Å². The molecule has 1 aromatic carbocycles. The van der Waals surface area contributed by atoms with Crippen LogP contribution in [0.15, 0.2) is 24.3 Å². The first kappa shape index (κ1) is 14.4. The van der Waals surface area contributed by atoms with Gasteiger partial charge in [-0.3, -0.25) is 4.68 Å². The summed E-state index contributed by atoms with van der Waals surface area (Å²) in [5, 5.41) is 14.5. The maximum Gasteiger partial charge on any atom is 0.0807 e. The van der Waals surface area contributed by atoms with Gasteiger partial charge < -0.3 is 0 Å². The van der Waals surface area contributed by atoms with Crippen LogP contribution >= 0.6 is 23.2 Å². The van der Waals surface area contributed by atoms with E-state index in [1.807, 2.05) is 28.9 Å². The predicted molar refractivity (Wildman–Crippen MR) is 83.5 cm³/mol. The Labute approximate surface area is 134 Å². The number of hydrogen-bond donors (Lipinski definition) is 0. The summed E-state index contributed by atoms with van der Waals surface area (Å²) in [6.07, 6.45) is 2.53. The van der Waals surface area contributed by atoms with Crippen LogP contribution in [0.25, 0.3) is 0 Å². The van der Waals surface area contributed by atoms with E-state index in [0.717, 1.165) is 41.2 Å². The SMILES string of the molecule is N#CC1CCc2c(CCl)nn(Cc3ccccc3Cl)c2C1. The summed E-state index contributed by atoms with van der Waals surface area (Å²) in [6.45, 7) is 0.622. The number of rotatable bonds is 3. The summed E-state index contributed by atoms with van der Waals surface area (Å²) in [7, 11) is 0. The van der Waals surface area contributed by atoms with Crippen molar-refractivity contribution >= 4 is 23.2 Å². The molecule has 0 saturated heterocycles. The fourth-order valence-electron chi connectivity index (χ4n) is 2.90. The molecule has 1 atom stereocenters. The second-order valence-electron chi connectivity index (χ2n) is 5.32. The average molecular weight is 320 g/mol. The molecule has 0 bridgehead atoms. The van der Waals surface area contributed by atoms with Gasteiger partial charge in [0.1, 0.15) is 0 Å². The van der Waals surface area contributed by atoms with Crippen molar-refractivity contribution in [2.45, 2.75) is 31.7 Å². The molecule has 0 spiro atoms. The summed E-state index contributed by atoms with van der Waals surface area (Å²) in [5.41, 5.74) is 4.34. The van der Waals surface area contributed by atoms with Gasteiger partial charge in [0, 0.05) is 17.1 Å². The van der Waals surface area contributed by atoms with Crippen LogP contribution in [-0.2, 0) is 25.3 Å². The van der Waals surface area contributed by atoms with E-state index in [4.69, 9.17) is 23.2 Å². The number of fused-ring (bicyclic) bond motifs is 1. The van der Waals surface area contributed by atoms with Crippen LogP contribution in [0, 0.1) is 17.2 Å². The highest BCUT2D eigenvalue weighted by Gasteiger charge is 2.26. The zero-order valence-electron chi connectivity index (χ0n) is 11.5. The molecule has 3 rings (SSSR count). The van der Waals surface area contributed by atoms with Gasteiger partial charge >= 0.3 is 0 Å². The Morgan fingerprint density at radius 2 is 2.19 bits per heavy atom. The van der Waals surface area contributed by atoms with Crippen molar-refractivity contribution in [2.75, 3.05) is 0 Å². The maximum absolute atomic E-state index is 9.18. The third-order valence-corrected chi connectivity index (χ3v) is 4.64. The molecule has 0 amide bonds. The molecule has 1 heterocycles. The highest BCUT2D eigenvalue weighted by atomic mass is 35.5. The summed E-state index contributed by atoms with van der Waals surface area (Å²) in [4.78, 5) is 0. The Kier molecular flexibility index (Phi) is 4.19. The van der Waals surface area contributed by atoms with Gasteiger partial charge in [-0.05, 0) is 30.0 Å². The van der Waals surface area contributed by atoms with E-state index in [-0.39, 0.29) is 5.92 Å². The molecule has 2 aromatic rings. The topological polar surface area (TPSA) is 41.6 Å². The van der Waals surface area contributed by atoms with E-state index in [9.17, 15) is 5.26 Å². The molecule has 108 valence electrons. The average Bonchev–Trinajstić information content (AvgIpc) is 2.86. The Morgan fingerprint density at radius 3 is 2.90 bits per heavy atom. The third kappa shape index (κ3) is 2.79. The molecule has 5 heteroatoms. The van der Waals surface area contributed by atoms with Gasteiger partial charge in [-0.15, -0.1) is 11.6 Å². The fraction of sp³-hybridized carbons (Fsp3) is 0.375. The highest BCUT2D eigenvalue weighted by Crippen LogP contribution is 2.29. The van der Waals surface area contributed by atoms with Crippen LogP contribution in [-0.4, -0.2) is 9.78 Å². The molecule has 1 aromatic heterocycles. The zero-order chi connectivity index (χ0) is 14.8. The normalized spacial score (nSPS) is 17.3. The van der Waals surface area contributed by atoms with Gasteiger partial charge in [-0.2, -0.15) is 10.4 Å². The van der Waals surface area contributed by atoms with E-state index in [1.54, 1.807) is 0 Å². The van der Waals surface area contributed by atoms with Crippen molar-refractivity contribution < 1.29 is 0 Å². The van der Waals surface area contributed by atoms with Gasteiger partial charge in [-0.25, -0.2) is 0 Å². The molecular formula is C16H15Cl2N3. The van der Waals surface area contributed by atoms with E-state index in [2.05, 4.69) is 11.2 Å². The maximum atomic E-state index is 9.18. The van der Waals surface area contributed by atoms with Crippen molar-refractivity contribution in [3.05, 3.63) is 51.8 Å². The van der Waals surface area contributed by atoms with Crippen molar-refractivity contribution in [2.24, 2.45) is 5.92 Å². The van der Waals surface area contributed by atoms with Crippen molar-refractivity contribution in [3.8, 4) is 6.07 Å². The smallest absolute Gasteiger partial charge is 0.0807 e. The van der Waals surface area contributed by atoms with Crippen molar-refractivity contribution in [1.29, 1.82) is 5.26 Å². The van der Waals surface area contributed by atoms with Crippen LogP contribution < -0.4 is 0 Å². The van der Waals surface area contributed by atoms with E-state index in [0.29, 0.717) is 12.4 Å². The molecule has 0 N–H and O–H groups in total. The van der Waals surface area contributed by atoms with Crippen LogP contribution in [0.1, 0.15) is 28.9 Å². The Balaban J connectivity index is 1.98. The minimum atomic E-state index is 0.0716. The summed E-state index contributed by atoms with van der Waals surface area (Å²) < 4.78 is 1.97. The fourth-order valence-corrected chi connectivity index (χ4v) is 3.31. The number of hydrogen-bond acceptors (Lipinski definition) is 2. The van der Waals surface area contributed by atoms with Crippen LogP contribution in [0.2, 0.25) is 5.02 Å². The van der Waals surface area contributed by atoms with Gasteiger partial charge in [-0.1, -0.05) is 29.8 Å². The first-order valence-corrected chi connectivity index (χ1v) is 7.90. The number of nitriles is 1. The second kappa shape index (κ2) is 6.09. The number of halogens is 2. The Bertz CT molecular complexity index is 700. The Morgan fingerprint density at radius 1 is 1.38 bits per heavy atom. The quantitative estimate of drug-likeness (QED) is 0.804. The highest BCUT2D eigenvalue weighted by molar-refractivity contribution is 6.31. The molecule has 21 heavy (non-hydrogen) atoms. The minimum absolute atomic E-state index is 0.0716. The molecule has 1 aliphatic rings. The lowest BCUT2D eigenvalue weighted by Crippen LogP contribution is -2.16. The number of nitrogens with zero attached hydrogens (tertiary/aromatic N) is 3. The number of aromatic nitrogens is 2. The van der Waals surface area contributed by atoms with E-state index < -0.39 is 0 Å². The minimum Gasteiger partial charge on any atom is -0.264 e. The summed E-state index contributed by atoms with van der Waals surface area (Å²) in [6, 6.07) is 10.1. The summed E-state index contributed by atoms with van der Waals surface area (Å²) in [5.74, 6) is 0.483. The lowest BCUT2D eigenvalue weighted by Gasteiger charge is -2.18. The molecule has 0 fully saturated rings. The first-order valence-electron chi connectivity index (χ1n) is 6.99. The molecular weight excluding hydrogens is 305 g/mol. The van der Waals surface area contributed by atoms with Crippen LogP contribution in [0.5, 0.6) is 0 Å². The zero-order valence-corrected chi connectivity index (χ0v) is 13.0. The number of alkyl halides is 1. The molecule has 3 nitrogen and oxygen atoms in total. The van der Waals surface area contributed by atoms with Gasteiger partial charge in [0.15, 0.2) is 0 Å². The van der Waals surface area contributed by atoms with E-state index >= 15 is 0 Å². The van der Waals surface area contributed by atoms with Gasteiger partial charge in [0.25, 0.3) is 0 Å². The predicted octanol–water partition coefficient (Wildman–Crippen LogP) is 3.95. The molecule has 1 aliphatic carbocycles. The van der Waals surface area contributed by atoms with Crippen molar-refractivity contribution in [3.63, 3.8) is 0 Å². The largest absolute Gasteiger partial charge is 0.264 e. The standard InChI is InChI=1S/C16H15Cl2N3/c17-8-15-13-6-5-11(9-19)7-16(13)21(20-15)10-12-3-1-2-4-14(12)18/h1-4,11H,5-8,10H2. The van der Waals surface area contributed by atoms with Gasteiger partial charge in [0.05, 0.1) is 30.1 Å². The first-order chi connectivity index (χ1) is 10.2. The van der Waals surface area contributed by atoms with E-state index in [1.165, 1.54) is 5.56 Å². The molecule has 0 radical (unpaired) electrons. The second-order valence-corrected chi connectivity index (χ2v) is 6.00.